The zero-order valence-corrected chi connectivity index (χ0v) is 18.3. The SMILES string of the molecule is C=C(/C(F)=c1/c(-c2nc3ncccc3[nH]2)n[nH]/c1=C/C)c1cncc(NC(=C)C2CCC2)c1. The maximum atomic E-state index is 15.9. The van der Waals surface area contributed by atoms with Crippen molar-refractivity contribution >= 4 is 34.3 Å². The number of fused-ring (bicyclic) bond motifs is 1. The van der Waals surface area contributed by atoms with Gasteiger partial charge in [0.05, 0.1) is 28.0 Å². The van der Waals surface area contributed by atoms with Crippen LogP contribution in [0.3, 0.4) is 0 Å². The summed E-state index contributed by atoms with van der Waals surface area (Å²) in [6, 6.07) is 5.50. The quantitative estimate of drug-likeness (QED) is 0.419. The molecule has 0 aromatic carbocycles. The first kappa shape index (κ1) is 20.8. The van der Waals surface area contributed by atoms with Crippen LogP contribution in [0, 0.1) is 5.92 Å². The lowest BCUT2D eigenvalue weighted by molar-refractivity contribution is 0.371. The number of halogens is 1. The van der Waals surface area contributed by atoms with Crippen molar-refractivity contribution < 1.29 is 4.39 Å². The third-order valence-corrected chi connectivity index (χ3v) is 6.04. The Hall–Kier alpha value is -4.07. The first-order chi connectivity index (χ1) is 16.0. The van der Waals surface area contributed by atoms with E-state index in [1.807, 2.05) is 25.1 Å². The summed E-state index contributed by atoms with van der Waals surface area (Å²) in [6.07, 6.45) is 10.2. The van der Waals surface area contributed by atoms with Crippen molar-refractivity contribution in [3.05, 3.63) is 71.8 Å². The van der Waals surface area contributed by atoms with E-state index in [0.717, 1.165) is 29.7 Å². The molecule has 33 heavy (non-hydrogen) atoms. The molecule has 4 aromatic heterocycles. The van der Waals surface area contributed by atoms with Crippen molar-refractivity contribution in [1.82, 2.24) is 30.1 Å². The summed E-state index contributed by atoms with van der Waals surface area (Å²) in [5.74, 6) is 0.406. The van der Waals surface area contributed by atoms with Crippen LogP contribution in [0.5, 0.6) is 0 Å². The third kappa shape index (κ3) is 3.84. The molecule has 1 saturated carbocycles. The van der Waals surface area contributed by atoms with Crippen LogP contribution < -0.4 is 15.9 Å². The van der Waals surface area contributed by atoms with Gasteiger partial charge in [-0.3, -0.25) is 10.1 Å². The van der Waals surface area contributed by atoms with Gasteiger partial charge in [0.25, 0.3) is 0 Å². The predicted molar refractivity (Wildman–Crippen MR) is 129 cm³/mol. The number of hydrogen-bond donors (Lipinski definition) is 3. The molecule has 1 fully saturated rings. The Labute approximate surface area is 189 Å². The largest absolute Gasteiger partial charge is 0.358 e. The molecule has 0 aliphatic heterocycles. The highest BCUT2D eigenvalue weighted by molar-refractivity contribution is 5.94. The number of pyridine rings is 2. The number of imidazole rings is 1. The van der Waals surface area contributed by atoms with Gasteiger partial charge in [-0.15, -0.1) is 0 Å². The molecule has 0 unspecified atom stereocenters. The van der Waals surface area contributed by atoms with Crippen molar-refractivity contribution in [2.24, 2.45) is 5.92 Å². The van der Waals surface area contributed by atoms with E-state index in [-0.39, 0.29) is 5.57 Å². The van der Waals surface area contributed by atoms with E-state index in [9.17, 15) is 0 Å². The Balaban J connectivity index is 1.55. The number of nitrogens with zero attached hydrogens (tertiary/aromatic N) is 4. The molecule has 0 amide bonds. The van der Waals surface area contributed by atoms with E-state index in [0.29, 0.717) is 39.2 Å². The number of hydrogen-bond acceptors (Lipinski definition) is 5. The highest BCUT2D eigenvalue weighted by Crippen LogP contribution is 2.33. The summed E-state index contributed by atoms with van der Waals surface area (Å²) >= 11 is 0. The Bertz CT molecular complexity index is 1460. The fourth-order valence-electron chi connectivity index (χ4n) is 3.91. The average molecular weight is 442 g/mol. The van der Waals surface area contributed by atoms with E-state index in [2.05, 4.69) is 48.6 Å². The summed E-state index contributed by atoms with van der Waals surface area (Å²) in [4.78, 5) is 16.2. The van der Waals surface area contributed by atoms with E-state index in [1.54, 1.807) is 24.7 Å². The fraction of sp³-hybridized carbons (Fsp3) is 0.200. The van der Waals surface area contributed by atoms with Crippen LogP contribution in [0.4, 0.5) is 10.1 Å². The maximum Gasteiger partial charge on any atom is 0.178 e. The molecule has 3 N–H and O–H groups in total. The minimum absolute atomic E-state index is 0.209. The second-order valence-electron chi connectivity index (χ2n) is 8.14. The molecule has 4 heterocycles. The molecule has 1 aliphatic rings. The van der Waals surface area contributed by atoms with Gasteiger partial charge < -0.3 is 10.3 Å². The van der Waals surface area contributed by atoms with Crippen LogP contribution in [0.15, 0.2) is 55.6 Å². The molecule has 1 aliphatic carbocycles. The second-order valence-corrected chi connectivity index (χ2v) is 8.14. The smallest absolute Gasteiger partial charge is 0.178 e. The molecular weight excluding hydrogens is 417 g/mol. The Kier molecular flexibility index (Phi) is 5.34. The topological polar surface area (TPSA) is 95.2 Å². The first-order valence-corrected chi connectivity index (χ1v) is 10.9. The molecule has 8 heteroatoms. The zero-order chi connectivity index (χ0) is 22.9. The molecule has 0 radical (unpaired) electrons. The minimum Gasteiger partial charge on any atom is -0.358 e. The highest BCUT2D eigenvalue weighted by Gasteiger charge is 2.21. The Morgan fingerprint density at radius 3 is 2.85 bits per heavy atom. The van der Waals surface area contributed by atoms with Crippen LogP contribution >= 0.6 is 0 Å². The predicted octanol–water partition coefficient (Wildman–Crippen LogP) is 4.06. The summed E-state index contributed by atoms with van der Waals surface area (Å²) in [7, 11) is 0. The molecule has 0 bridgehead atoms. The van der Waals surface area contributed by atoms with Gasteiger partial charge in [0.15, 0.2) is 11.5 Å². The molecule has 0 saturated heterocycles. The number of rotatable bonds is 6. The molecular formula is C25H24FN7. The fourth-order valence-corrected chi connectivity index (χ4v) is 3.91. The van der Waals surface area contributed by atoms with E-state index in [4.69, 9.17) is 0 Å². The van der Waals surface area contributed by atoms with Crippen molar-refractivity contribution in [3.63, 3.8) is 0 Å². The normalized spacial score (nSPS) is 15.4. The molecule has 0 spiro atoms. The van der Waals surface area contributed by atoms with Crippen molar-refractivity contribution in [2.75, 3.05) is 5.32 Å². The number of H-pyrrole nitrogens is 2. The Morgan fingerprint density at radius 1 is 1.27 bits per heavy atom. The highest BCUT2D eigenvalue weighted by atomic mass is 19.1. The van der Waals surface area contributed by atoms with Gasteiger partial charge in [0, 0.05) is 29.2 Å². The zero-order valence-electron chi connectivity index (χ0n) is 18.3. The number of aromatic nitrogens is 6. The molecule has 7 nitrogen and oxygen atoms in total. The van der Waals surface area contributed by atoms with Crippen LogP contribution in [0.2, 0.25) is 0 Å². The van der Waals surface area contributed by atoms with E-state index in [1.165, 1.54) is 6.42 Å². The van der Waals surface area contributed by atoms with Crippen LogP contribution in [0.25, 0.3) is 40.2 Å². The van der Waals surface area contributed by atoms with Gasteiger partial charge in [-0.2, -0.15) is 5.10 Å². The summed E-state index contributed by atoms with van der Waals surface area (Å²) < 4.78 is 15.9. The molecule has 4 aromatic rings. The van der Waals surface area contributed by atoms with E-state index < -0.39 is 5.83 Å². The van der Waals surface area contributed by atoms with Crippen molar-refractivity contribution in [1.29, 1.82) is 0 Å². The minimum atomic E-state index is -0.503. The average Bonchev–Trinajstić information content (AvgIpc) is 3.40. The van der Waals surface area contributed by atoms with Crippen LogP contribution in [0.1, 0.15) is 31.7 Å². The molecule has 166 valence electrons. The summed E-state index contributed by atoms with van der Waals surface area (Å²) in [6.45, 7) is 9.97. The number of allylic oxidation sites excluding steroid dienone is 2. The van der Waals surface area contributed by atoms with Gasteiger partial charge in [-0.1, -0.05) is 25.7 Å². The van der Waals surface area contributed by atoms with Crippen LogP contribution in [-0.2, 0) is 0 Å². The second kappa shape index (κ2) is 8.46. The van der Waals surface area contributed by atoms with Gasteiger partial charge in [-0.25, -0.2) is 14.4 Å². The number of aromatic amines is 2. The standard InChI is InChI=1S/C25H24FN7/c1-4-19-21(23(33-32-19)25-30-20-9-6-10-28-24(20)31-25)22(26)14(2)17-11-18(13-27-12-17)29-15(3)16-7-5-8-16/h4,6,9-13,16,29,32H,2-3,5,7-8H2,1H3,(H,28,30,31)/b19-4+,22-21-. The summed E-state index contributed by atoms with van der Waals surface area (Å²) in [5, 5.41) is 11.4. The monoisotopic (exact) mass is 441 g/mol. The lowest BCUT2D eigenvalue weighted by atomic mass is 9.83. The molecule has 0 atom stereocenters. The maximum absolute atomic E-state index is 15.9. The summed E-state index contributed by atoms with van der Waals surface area (Å²) in [5.41, 5.74) is 4.15. The lowest BCUT2D eigenvalue weighted by Gasteiger charge is -2.28. The van der Waals surface area contributed by atoms with Gasteiger partial charge >= 0.3 is 0 Å². The van der Waals surface area contributed by atoms with E-state index >= 15 is 4.39 Å². The van der Waals surface area contributed by atoms with Gasteiger partial charge in [0.1, 0.15) is 11.5 Å². The molecule has 5 rings (SSSR count). The van der Waals surface area contributed by atoms with Crippen molar-refractivity contribution in [3.8, 4) is 11.5 Å². The number of anilines is 1. The lowest BCUT2D eigenvalue weighted by Crippen LogP contribution is -2.26. The first-order valence-electron chi connectivity index (χ1n) is 10.9. The number of nitrogens with one attached hydrogen (secondary N) is 3. The van der Waals surface area contributed by atoms with Gasteiger partial charge in [-0.05, 0) is 43.9 Å². The third-order valence-electron chi connectivity index (χ3n) is 6.04. The Morgan fingerprint density at radius 2 is 2.12 bits per heavy atom. The van der Waals surface area contributed by atoms with Gasteiger partial charge in [0.2, 0.25) is 0 Å². The van der Waals surface area contributed by atoms with Crippen molar-refractivity contribution in [2.45, 2.75) is 26.2 Å². The van der Waals surface area contributed by atoms with Crippen LogP contribution in [-0.4, -0.2) is 30.1 Å².